The summed E-state index contributed by atoms with van der Waals surface area (Å²) < 4.78 is 58.9. The summed E-state index contributed by atoms with van der Waals surface area (Å²) in [6.07, 6.45) is 2.33. The van der Waals surface area contributed by atoms with Gasteiger partial charge in [-0.3, -0.25) is 9.88 Å². The van der Waals surface area contributed by atoms with Crippen LogP contribution in [-0.2, 0) is 11.3 Å². The number of urea groups is 1. The molecule has 0 unspecified atom stereocenters. The van der Waals surface area contributed by atoms with Crippen molar-refractivity contribution in [3.63, 3.8) is 0 Å². The second-order valence-corrected chi connectivity index (χ2v) is 9.73. The molecule has 43 heavy (non-hydrogen) atoms. The van der Waals surface area contributed by atoms with Crippen LogP contribution in [0.2, 0.25) is 0 Å². The number of aromatic nitrogens is 1. The lowest BCUT2D eigenvalue weighted by Crippen LogP contribution is -2.37. The second kappa shape index (κ2) is 13.9. The summed E-state index contributed by atoms with van der Waals surface area (Å²) in [4.78, 5) is 18.9. The van der Waals surface area contributed by atoms with Crippen LogP contribution < -0.4 is 20.1 Å². The number of amides is 2. The zero-order valence-electron chi connectivity index (χ0n) is 23.0. The van der Waals surface area contributed by atoms with E-state index >= 15 is 0 Å². The van der Waals surface area contributed by atoms with E-state index in [0.29, 0.717) is 40.6 Å². The quantitative estimate of drug-likeness (QED) is 0.227. The number of nitrogens with zero attached hydrogens (tertiary/aromatic N) is 3. The summed E-state index contributed by atoms with van der Waals surface area (Å²) in [7, 11) is 0. The first-order valence-electron chi connectivity index (χ1n) is 13.6. The van der Waals surface area contributed by atoms with Crippen molar-refractivity contribution in [3.05, 3.63) is 89.4 Å². The van der Waals surface area contributed by atoms with Crippen LogP contribution in [0.25, 0.3) is 10.9 Å². The number of benzene rings is 3. The Morgan fingerprint density at radius 1 is 1.02 bits per heavy atom. The number of hydrogen-bond acceptors (Lipinski definition) is 7. The summed E-state index contributed by atoms with van der Waals surface area (Å²) in [5, 5.41) is 15.0. The molecule has 2 amide bonds. The Morgan fingerprint density at radius 3 is 2.63 bits per heavy atom. The lowest BCUT2D eigenvalue weighted by molar-refractivity contribution is 0.0358. The first kappa shape index (κ1) is 29.6. The number of anilines is 1. The van der Waals surface area contributed by atoms with Gasteiger partial charge in [0.25, 0.3) is 0 Å². The summed E-state index contributed by atoms with van der Waals surface area (Å²) >= 11 is 0. The van der Waals surface area contributed by atoms with Gasteiger partial charge in [0.15, 0.2) is 0 Å². The predicted octanol–water partition coefficient (Wildman–Crippen LogP) is 5.74. The average molecular weight is 592 g/mol. The largest absolute Gasteiger partial charge is 0.492 e. The Labute approximate surface area is 245 Å². The minimum absolute atomic E-state index is 0.0763. The molecule has 1 aromatic heterocycles. The number of carbonyl (C=O) groups excluding carboxylic acids is 1. The van der Waals surface area contributed by atoms with Crippen LogP contribution in [0.3, 0.4) is 0 Å². The van der Waals surface area contributed by atoms with Gasteiger partial charge < -0.3 is 24.8 Å². The molecule has 222 valence electrons. The van der Waals surface area contributed by atoms with Gasteiger partial charge in [-0.2, -0.15) is 5.26 Å². The molecule has 4 aromatic rings. The highest BCUT2D eigenvalue weighted by molar-refractivity contribution is 5.90. The molecule has 12 heteroatoms. The lowest BCUT2D eigenvalue weighted by atomic mass is 10.1. The summed E-state index contributed by atoms with van der Waals surface area (Å²) in [6, 6.07) is 13.1. The number of nitriles is 1. The maximum absolute atomic E-state index is 14.8. The smallest absolute Gasteiger partial charge is 0.319 e. The van der Waals surface area contributed by atoms with Crippen molar-refractivity contribution in [1.82, 2.24) is 15.2 Å². The van der Waals surface area contributed by atoms with Crippen molar-refractivity contribution in [2.45, 2.75) is 13.0 Å². The van der Waals surface area contributed by atoms with E-state index in [1.807, 2.05) is 0 Å². The molecule has 9 nitrogen and oxygen atoms in total. The number of fused-ring (bicyclic) bond motifs is 1. The number of hydrogen-bond donors (Lipinski definition) is 2. The SMILES string of the molecule is N#Cc1cc2c(Oc3ccc(NC(=O)NCc4ccc(F)cc4F)c(F)c3)ccnc2cc1OCCCN1CCOCC1. The summed E-state index contributed by atoms with van der Waals surface area (Å²) in [5.74, 6) is -1.40. The van der Waals surface area contributed by atoms with Crippen molar-refractivity contribution in [2.24, 2.45) is 0 Å². The fourth-order valence-corrected chi connectivity index (χ4v) is 4.53. The third-order valence-corrected chi connectivity index (χ3v) is 6.77. The Bertz CT molecular complexity index is 1660. The number of pyridine rings is 1. The normalized spacial score (nSPS) is 13.3. The zero-order valence-corrected chi connectivity index (χ0v) is 23.0. The zero-order chi connectivity index (χ0) is 30.2. The molecule has 3 aromatic carbocycles. The molecule has 0 aliphatic carbocycles. The molecule has 1 aliphatic heterocycles. The molecule has 1 aliphatic rings. The molecular formula is C31H28F3N5O4. The minimum Gasteiger partial charge on any atom is -0.492 e. The monoisotopic (exact) mass is 591 g/mol. The number of nitrogens with one attached hydrogen (secondary N) is 2. The van der Waals surface area contributed by atoms with Crippen LogP contribution in [0, 0.1) is 28.8 Å². The first-order chi connectivity index (χ1) is 20.9. The van der Waals surface area contributed by atoms with Gasteiger partial charge in [-0.1, -0.05) is 6.07 Å². The predicted molar refractivity (Wildman–Crippen MR) is 153 cm³/mol. The van der Waals surface area contributed by atoms with Gasteiger partial charge >= 0.3 is 6.03 Å². The maximum atomic E-state index is 14.8. The van der Waals surface area contributed by atoms with Crippen molar-refractivity contribution < 1.29 is 32.2 Å². The molecule has 0 radical (unpaired) electrons. The third kappa shape index (κ3) is 7.71. The standard InChI is InChI=1S/C31H28F3N5O4/c32-22-3-2-20(25(33)15-22)19-37-31(40)38-27-5-4-23(16-26(27)34)43-29-6-7-36-28-17-30(21(18-35)14-24(28)29)42-11-1-8-39-9-12-41-13-10-39/h2-7,14-17H,1,8-13,19H2,(H2,37,38,40). The van der Waals surface area contributed by atoms with Gasteiger partial charge in [0, 0.05) is 61.5 Å². The van der Waals surface area contributed by atoms with E-state index in [1.54, 1.807) is 18.2 Å². The third-order valence-electron chi connectivity index (χ3n) is 6.77. The molecule has 1 saturated heterocycles. The Balaban J connectivity index is 1.21. The molecule has 0 bridgehead atoms. The summed E-state index contributed by atoms with van der Waals surface area (Å²) in [6.45, 7) is 4.34. The van der Waals surface area contributed by atoms with Crippen molar-refractivity contribution in [2.75, 3.05) is 44.8 Å². The Kier molecular flexibility index (Phi) is 9.56. The molecule has 5 rings (SSSR count). The minimum atomic E-state index is -0.804. The van der Waals surface area contributed by atoms with Crippen LogP contribution in [-0.4, -0.2) is 55.4 Å². The topological polar surface area (TPSA) is 109 Å². The maximum Gasteiger partial charge on any atom is 0.319 e. The van der Waals surface area contributed by atoms with Crippen molar-refractivity contribution in [1.29, 1.82) is 5.26 Å². The fraction of sp³-hybridized carbons (Fsp3) is 0.258. The van der Waals surface area contributed by atoms with E-state index in [2.05, 4.69) is 26.6 Å². The van der Waals surface area contributed by atoms with Gasteiger partial charge in [0.1, 0.15) is 40.8 Å². The van der Waals surface area contributed by atoms with Crippen LogP contribution in [0.1, 0.15) is 17.5 Å². The second-order valence-electron chi connectivity index (χ2n) is 9.73. The molecule has 0 spiro atoms. The number of rotatable bonds is 10. The van der Waals surface area contributed by atoms with Crippen molar-refractivity contribution in [3.8, 4) is 23.3 Å². The van der Waals surface area contributed by atoms with E-state index in [-0.39, 0.29) is 23.5 Å². The molecule has 1 fully saturated rings. The van der Waals surface area contributed by atoms with Gasteiger partial charge in [-0.05, 0) is 36.8 Å². The fourth-order valence-electron chi connectivity index (χ4n) is 4.53. The van der Waals surface area contributed by atoms with Crippen LogP contribution in [0.15, 0.2) is 60.8 Å². The van der Waals surface area contributed by atoms with Gasteiger partial charge in [-0.15, -0.1) is 0 Å². The number of ether oxygens (including phenoxy) is 3. The first-order valence-corrected chi connectivity index (χ1v) is 13.6. The summed E-state index contributed by atoms with van der Waals surface area (Å²) in [5.41, 5.74) is 0.792. The van der Waals surface area contributed by atoms with E-state index < -0.39 is 23.5 Å². The number of morpholine rings is 1. The average Bonchev–Trinajstić information content (AvgIpc) is 3.00. The van der Waals surface area contributed by atoms with Crippen LogP contribution in [0.5, 0.6) is 17.2 Å². The van der Waals surface area contributed by atoms with Crippen LogP contribution >= 0.6 is 0 Å². The van der Waals surface area contributed by atoms with E-state index in [9.17, 15) is 23.2 Å². The molecule has 0 saturated carbocycles. The molecular weight excluding hydrogens is 563 g/mol. The Morgan fingerprint density at radius 2 is 1.86 bits per heavy atom. The molecule has 0 atom stereocenters. The van der Waals surface area contributed by atoms with Gasteiger partial charge in [0.05, 0.1) is 36.6 Å². The Hall–Kier alpha value is -4.86. The molecule has 2 N–H and O–H groups in total. The molecule has 2 heterocycles. The van der Waals surface area contributed by atoms with E-state index in [1.165, 1.54) is 24.4 Å². The van der Waals surface area contributed by atoms with Gasteiger partial charge in [0.2, 0.25) is 0 Å². The highest BCUT2D eigenvalue weighted by atomic mass is 19.1. The highest BCUT2D eigenvalue weighted by Gasteiger charge is 2.15. The van der Waals surface area contributed by atoms with E-state index in [4.69, 9.17) is 14.2 Å². The number of carbonyl (C=O) groups is 1. The van der Waals surface area contributed by atoms with Gasteiger partial charge in [-0.25, -0.2) is 18.0 Å². The van der Waals surface area contributed by atoms with Crippen molar-refractivity contribution >= 4 is 22.6 Å². The van der Waals surface area contributed by atoms with Crippen LogP contribution in [0.4, 0.5) is 23.7 Å². The number of halogens is 3. The highest BCUT2D eigenvalue weighted by Crippen LogP contribution is 2.34. The lowest BCUT2D eigenvalue weighted by Gasteiger charge is -2.26. The van der Waals surface area contributed by atoms with E-state index in [0.717, 1.165) is 51.4 Å².